The second-order valence-corrected chi connectivity index (χ2v) is 5.23. The van der Waals surface area contributed by atoms with Crippen molar-refractivity contribution in [2.75, 3.05) is 7.11 Å². The van der Waals surface area contributed by atoms with Crippen LogP contribution in [0, 0.1) is 10.1 Å². The third kappa shape index (κ3) is 4.32. The molecule has 2 rings (SSSR count). The number of ether oxygens (including phenoxy) is 1. The number of methoxy groups -OCH3 is 1. The lowest BCUT2D eigenvalue weighted by molar-refractivity contribution is -0.384. The summed E-state index contributed by atoms with van der Waals surface area (Å²) in [5.41, 5.74) is 5.88. The van der Waals surface area contributed by atoms with Crippen LogP contribution in [0.25, 0.3) is 0 Å². The van der Waals surface area contributed by atoms with Crippen LogP contribution in [-0.2, 0) is 0 Å². The van der Waals surface area contributed by atoms with Crippen molar-refractivity contribution in [2.45, 2.75) is 37.8 Å². The van der Waals surface area contributed by atoms with E-state index < -0.39 is 4.92 Å². The number of nitrogens with two attached hydrogens (primary N) is 1. The molecule has 1 fully saturated rings. The van der Waals surface area contributed by atoms with Crippen LogP contribution in [0.15, 0.2) is 18.2 Å². The number of nitro benzene ring substituents is 1. The number of hydrogen-bond acceptors (Lipinski definition) is 5. The van der Waals surface area contributed by atoms with Gasteiger partial charge >= 0.3 is 0 Å². The van der Waals surface area contributed by atoms with Crippen molar-refractivity contribution in [1.29, 1.82) is 0 Å². The Morgan fingerprint density at radius 2 is 2.00 bits per heavy atom. The molecule has 0 atom stereocenters. The first-order chi connectivity index (χ1) is 10.0. The molecule has 8 heteroatoms. The van der Waals surface area contributed by atoms with Gasteiger partial charge in [-0.05, 0) is 31.7 Å². The topological polar surface area (TPSA) is 107 Å². The van der Waals surface area contributed by atoms with Gasteiger partial charge in [0.15, 0.2) is 0 Å². The van der Waals surface area contributed by atoms with Crippen molar-refractivity contribution >= 4 is 24.0 Å². The molecule has 0 aliphatic heterocycles. The number of nitrogens with one attached hydrogen (secondary N) is 1. The molecule has 22 heavy (non-hydrogen) atoms. The molecule has 0 heterocycles. The van der Waals surface area contributed by atoms with Gasteiger partial charge in [-0.3, -0.25) is 14.9 Å². The number of carbonyl (C=O) groups excluding carboxylic acids is 1. The van der Waals surface area contributed by atoms with E-state index in [9.17, 15) is 14.9 Å². The molecule has 0 radical (unpaired) electrons. The fraction of sp³-hybridized carbons (Fsp3) is 0.500. The number of non-ortho nitro benzene ring substituents is 1. The van der Waals surface area contributed by atoms with Gasteiger partial charge in [-0.2, -0.15) is 0 Å². The summed E-state index contributed by atoms with van der Waals surface area (Å²) < 4.78 is 5.10. The minimum absolute atomic E-state index is 0. The highest BCUT2D eigenvalue weighted by atomic mass is 35.5. The number of hydrogen-bond donors (Lipinski definition) is 2. The standard InChI is InChI=1S/C14H19N3O4.ClH/c1-21-13-7-6-11(17(19)20)8-12(13)14(18)16-10-4-2-9(15)3-5-10;/h6-10H,2-5,15H2,1H3,(H,16,18);1H. The highest BCUT2D eigenvalue weighted by Crippen LogP contribution is 2.25. The molecular formula is C14H20ClN3O4. The molecule has 1 aromatic carbocycles. The Labute approximate surface area is 134 Å². The Morgan fingerprint density at radius 1 is 1.36 bits per heavy atom. The number of halogens is 1. The van der Waals surface area contributed by atoms with Crippen LogP contribution in [0.3, 0.4) is 0 Å². The summed E-state index contributed by atoms with van der Waals surface area (Å²) in [7, 11) is 1.43. The molecule has 1 aromatic rings. The smallest absolute Gasteiger partial charge is 0.270 e. The van der Waals surface area contributed by atoms with Gasteiger partial charge < -0.3 is 15.8 Å². The van der Waals surface area contributed by atoms with Crippen molar-refractivity contribution in [2.24, 2.45) is 5.73 Å². The van der Waals surface area contributed by atoms with E-state index in [4.69, 9.17) is 10.5 Å². The summed E-state index contributed by atoms with van der Waals surface area (Å²) in [6.07, 6.45) is 3.39. The quantitative estimate of drug-likeness (QED) is 0.649. The van der Waals surface area contributed by atoms with E-state index in [0.717, 1.165) is 25.7 Å². The van der Waals surface area contributed by atoms with Crippen LogP contribution in [0.1, 0.15) is 36.0 Å². The molecule has 1 saturated carbocycles. The number of carbonyl (C=O) groups is 1. The Morgan fingerprint density at radius 3 is 2.55 bits per heavy atom. The van der Waals surface area contributed by atoms with Crippen LogP contribution in [0.4, 0.5) is 5.69 Å². The highest BCUT2D eigenvalue weighted by Gasteiger charge is 2.23. The zero-order chi connectivity index (χ0) is 15.4. The SMILES string of the molecule is COc1ccc([N+](=O)[O-])cc1C(=O)NC1CCC(N)CC1.Cl. The summed E-state index contributed by atoms with van der Waals surface area (Å²) in [4.78, 5) is 22.6. The lowest BCUT2D eigenvalue weighted by Crippen LogP contribution is -2.40. The van der Waals surface area contributed by atoms with E-state index in [1.807, 2.05) is 0 Å². The summed E-state index contributed by atoms with van der Waals surface area (Å²) in [6, 6.07) is 4.24. The van der Waals surface area contributed by atoms with Crippen LogP contribution < -0.4 is 15.8 Å². The molecule has 122 valence electrons. The van der Waals surface area contributed by atoms with Crippen molar-refractivity contribution in [1.82, 2.24) is 5.32 Å². The zero-order valence-electron chi connectivity index (χ0n) is 12.3. The van der Waals surface area contributed by atoms with Gasteiger partial charge in [-0.1, -0.05) is 0 Å². The summed E-state index contributed by atoms with van der Waals surface area (Å²) in [6.45, 7) is 0. The minimum atomic E-state index is -0.532. The van der Waals surface area contributed by atoms with E-state index >= 15 is 0 Å². The van der Waals surface area contributed by atoms with Gasteiger partial charge in [0, 0.05) is 24.2 Å². The second-order valence-electron chi connectivity index (χ2n) is 5.23. The third-order valence-corrected chi connectivity index (χ3v) is 3.75. The number of amides is 1. The van der Waals surface area contributed by atoms with Crippen molar-refractivity contribution < 1.29 is 14.5 Å². The fourth-order valence-corrected chi connectivity index (χ4v) is 2.51. The van der Waals surface area contributed by atoms with Gasteiger partial charge in [-0.25, -0.2) is 0 Å². The van der Waals surface area contributed by atoms with Gasteiger partial charge in [0.1, 0.15) is 5.75 Å². The maximum Gasteiger partial charge on any atom is 0.270 e. The molecule has 0 bridgehead atoms. The normalized spacial score (nSPS) is 20.6. The van der Waals surface area contributed by atoms with E-state index in [0.29, 0.717) is 5.75 Å². The summed E-state index contributed by atoms with van der Waals surface area (Å²) >= 11 is 0. The average Bonchev–Trinajstić information content (AvgIpc) is 2.48. The van der Waals surface area contributed by atoms with Crippen LogP contribution in [0.5, 0.6) is 5.75 Å². The molecule has 0 unspecified atom stereocenters. The van der Waals surface area contributed by atoms with Gasteiger partial charge in [0.2, 0.25) is 0 Å². The molecular weight excluding hydrogens is 310 g/mol. The van der Waals surface area contributed by atoms with Gasteiger partial charge in [0.05, 0.1) is 17.6 Å². The van der Waals surface area contributed by atoms with Gasteiger partial charge in [0.25, 0.3) is 11.6 Å². The first-order valence-corrected chi connectivity index (χ1v) is 6.90. The van der Waals surface area contributed by atoms with Crippen molar-refractivity contribution in [3.8, 4) is 5.75 Å². The Balaban J connectivity index is 0.00000242. The summed E-state index contributed by atoms with van der Waals surface area (Å²) in [5, 5.41) is 13.7. The molecule has 7 nitrogen and oxygen atoms in total. The zero-order valence-corrected chi connectivity index (χ0v) is 13.1. The first kappa shape index (κ1) is 18.2. The molecule has 1 aliphatic carbocycles. The number of benzene rings is 1. The lowest BCUT2D eigenvalue weighted by atomic mass is 9.91. The van der Waals surface area contributed by atoms with Crippen LogP contribution in [-0.4, -0.2) is 30.0 Å². The first-order valence-electron chi connectivity index (χ1n) is 6.90. The predicted octanol–water partition coefficient (Wildman–Crippen LogP) is 2.02. The van der Waals surface area contributed by atoms with E-state index in [1.165, 1.54) is 25.3 Å². The van der Waals surface area contributed by atoms with E-state index in [-0.39, 0.29) is 41.6 Å². The maximum absolute atomic E-state index is 12.3. The number of rotatable bonds is 4. The average molecular weight is 330 g/mol. The molecule has 0 aromatic heterocycles. The van der Waals surface area contributed by atoms with E-state index in [2.05, 4.69) is 5.32 Å². The van der Waals surface area contributed by atoms with Gasteiger partial charge in [-0.15, -0.1) is 12.4 Å². The third-order valence-electron chi connectivity index (χ3n) is 3.75. The van der Waals surface area contributed by atoms with E-state index in [1.54, 1.807) is 0 Å². The highest BCUT2D eigenvalue weighted by molar-refractivity contribution is 5.97. The molecule has 3 N–H and O–H groups in total. The molecule has 1 amide bonds. The van der Waals surface area contributed by atoms with Crippen molar-refractivity contribution in [3.05, 3.63) is 33.9 Å². The van der Waals surface area contributed by atoms with Crippen molar-refractivity contribution in [3.63, 3.8) is 0 Å². The molecule has 0 saturated heterocycles. The molecule has 0 spiro atoms. The number of nitrogens with zero attached hydrogens (tertiary/aromatic N) is 1. The maximum atomic E-state index is 12.3. The predicted molar refractivity (Wildman–Crippen MR) is 84.6 cm³/mol. The minimum Gasteiger partial charge on any atom is -0.496 e. The summed E-state index contributed by atoms with van der Waals surface area (Å²) in [5.74, 6) is -0.0263. The Hall–Kier alpha value is -1.86. The fourth-order valence-electron chi connectivity index (χ4n) is 2.51. The van der Waals surface area contributed by atoms with Crippen LogP contribution in [0.2, 0.25) is 0 Å². The largest absolute Gasteiger partial charge is 0.496 e. The number of nitro groups is 1. The molecule has 1 aliphatic rings. The lowest BCUT2D eigenvalue weighted by Gasteiger charge is -2.27. The Bertz CT molecular complexity index is 545. The second kappa shape index (κ2) is 7.95. The Kier molecular flexibility index (Phi) is 6.58. The van der Waals surface area contributed by atoms with Crippen LogP contribution >= 0.6 is 12.4 Å². The monoisotopic (exact) mass is 329 g/mol.